The van der Waals surface area contributed by atoms with E-state index in [1.54, 1.807) is 12.5 Å². The molecule has 1 rings (SSSR count). The number of hydroxylamine groups is 1. The number of carbonyl (C=O) groups excluding carboxylic acids is 1. The van der Waals surface area contributed by atoms with Crippen LogP contribution >= 0.6 is 12.2 Å². The number of aliphatic hydroxyl groups excluding tert-OH is 1. The van der Waals surface area contributed by atoms with Crippen LogP contribution < -0.4 is 5.48 Å². The molecular formula is C6H10N2O3S. The Morgan fingerprint density at radius 2 is 2.42 bits per heavy atom. The number of amides is 1. The molecule has 5 nitrogen and oxygen atoms in total. The molecule has 6 heteroatoms. The van der Waals surface area contributed by atoms with Crippen LogP contribution in [0, 0.1) is 5.92 Å². The van der Waals surface area contributed by atoms with E-state index in [2.05, 4.69) is 12.2 Å². The number of β-amino-alcohol motifs (C(OH)–C–C–N with tert-alkyl or cyclic N) is 1. The Morgan fingerprint density at radius 1 is 1.83 bits per heavy atom. The lowest BCUT2D eigenvalue weighted by Gasteiger charge is -2.11. The van der Waals surface area contributed by atoms with Gasteiger partial charge in [-0.05, 0) is 0 Å². The number of nitrogens with one attached hydrogen (secondary N) is 1. The van der Waals surface area contributed by atoms with Crippen LogP contribution in [0.5, 0.6) is 0 Å². The predicted molar refractivity (Wildman–Crippen MR) is 44.7 cm³/mol. The zero-order chi connectivity index (χ0) is 9.30. The lowest BCUT2D eigenvalue weighted by molar-refractivity contribution is -0.128. The van der Waals surface area contributed by atoms with Crippen molar-refractivity contribution < 1.29 is 15.1 Å². The molecule has 3 N–H and O–H groups in total. The Labute approximate surface area is 74.9 Å². The summed E-state index contributed by atoms with van der Waals surface area (Å²) >= 11 is 4.65. The minimum Gasteiger partial charge on any atom is -0.390 e. The van der Waals surface area contributed by atoms with Crippen LogP contribution in [0.3, 0.4) is 0 Å². The van der Waals surface area contributed by atoms with E-state index < -0.39 is 12.0 Å². The molecule has 0 aromatic carbocycles. The number of thiocarbonyl (C=S) groups is 1. The van der Waals surface area contributed by atoms with Gasteiger partial charge in [-0.3, -0.25) is 15.5 Å². The van der Waals surface area contributed by atoms with E-state index >= 15 is 0 Å². The molecule has 1 amide bonds. The van der Waals surface area contributed by atoms with Gasteiger partial charge < -0.3 is 10.0 Å². The number of rotatable bonds is 1. The molecule has 0 bridgehead atoms. The summed E-state index contributed by atoms with van der Waals surface area (Å²) in [6, 6.07) is 0. The highest BCUT2D eigenvalue weighted by Gasteiger charge is 2.40. The van der Waals surface area contributed by atoms with Crippen molar-refractivity contribution >= 4 is 23.1 Å². The fraction of sp³-hybridized carbons (Fsp3) is 0.667. The minimum absolute atomic E-state index is 0.0307. The SMILES string of the molecule is CN1CC(O)C(C(=S)NO)C1=O. The molecule has 1 saturated heterocycles. The van der Waals surface area contributed by atoms with Crippen molar-refractivity contribution in [1.82, 2.24) is 10.4 Å². The van der Waals surface area contributed by atoms with Crippen molar-refractivity contribution in [2.24, 2.45) is 5.92 Å². The lowest BCUT2D eigenvalue weighted by Crippen LogP contribution is -2.36. The molecule has 1 heterocycles. The van der Waals surface area contributed by atoms with Crippen LogP contribution in [-0.4, -0.2) is 45.8 Å². The molecule has 1 aliphatic rings. The Balaban J connectivity index is 2.76. The quantitative estimate of drug-likeness (QED) is 0.355. The van der Waals surface area contributed by atoms with Crippen molar-refractivity contribution in [2.75, 3.05) is 13.6 Å². The summed E-state index contributed by atoms with van der Waals surface area (Å²) in [4.78, 5) is 12.6. The van der Waals surface area contributed by atoms with Gasteiger partial charge in [-0.25, -0.2) is 0 Å². The molecule has 1 fully saturated rings. The topological polar surface area (TPSA) is 72.8 Å². The van der Waals surface area contributed by atoms with Crippen molar-refractivity contribution in [3.63, 3.8) is 0 Å². The van der Waals surface area contributed by atoms with Crippen LogP contribution in [0.15, 0.2) is 0 Å². The summed E-state index contributed by atoms with van der Waals surface area (Å²) in [7, 11) is 1.57. The summed E-state index contributed by atoms with van der Waals surface area (Å²) < 4.78 is 0. The van der Waals surface area contributed by atoms with E-state index in [4.69, 9.17) is 5.21 Å². The van der Waals surface area contributed by atoms with Crippen molar-refractivity contribution in [2.45, 2.75) is 6.10 Å². The average molecular weight is 190 g/mol. The summed E-state index contributed by atoms with van der Waals surface area (Å²) in [6.07, 6.45) is -0.824. The van der Waals surface area contributed by atoms with E-state index in [1.165, 1.54) is 4.90 Å². The van der Waals surface area contributed by atoms with Gasteiger partial charge in [0.05, 0.1) is 6.10 Å². The van der Waals surface area contributed by atoms with Gasteiger partial charge in [-0.2, -0.15) is 0 Å². The van der Waals surface area contributed by atoms with E-state index in [0.29, 0.717) is 0 Å². The summed E-state index contributed by atoms with van der Waals surface area (Å²) in [5.74, 6) is -1.07. The summed E-state index contributed by atoms with van der Waals surface area (Å²) in [5, 5.41) is 17.8. The number of aliphatic hydroxyl groups is 1. The third-order valence-corrected chi connectivity index (χ3v) is 2.23. The molecule has 0 aromatic heterocycles. The third-order valence-electron chi connectivity index (χ3n) is 1.88. The van der Waals surface area contributed by atoms with Gasteiger partial charge in [-0.1, -0.05) is 12.2 Å². The van der Waals surface area contributed by atoms with E-state index in [1.807, 2.05) is 0 Å². The maximum absolute atomic E-state index is 11.2. The predicted octanol–water partition coefficient (Wildman–Crippen LogP) is -1.26. The molecule has 0 saturated carbocycles. The maximum Gasteiger partial charge on any atom is 0.235 e. The Morgan fingerprint density at radius 3 is 2.75 bits per heavy atom. The summed E-state index contributed by atoms with van der Waals surface area (Å²) in [5.41, 5.74) is 1.71. The third kappa shape index (κ3) is 1.40. The van der Waals surface area contributed by atoms with Crippen LogP contribution in [0.1, 0.15) is 0 Å². The fourth-order valence-electron chi connectivity index (χ4n) is 1.23. The molecular weight excluding hydrogens is 180 g/mol. The van der Waals surface area contributed by atoms with Gasteiger partial charge in [0.2, 0.25) is 5.91 Å². The van der Waals surface area contributed by atoms with Crippen LogP contribution in [0.2, 0.25) is 0 Å². The second kappa shape index (κ2) is 3.34. The molecule has 1 aliphatic heterocycles. The number of hydrogen-bond donors (Lipinski definition) is 3. The molecule has 2 unspecified atom stereocenters. The molecule has 12 heavy (non-hydrogen) atoms. The molecule has 0 radical (unpaired) electrons. The Kier molecular flexibility index (Phi) is 2.61. The van der Waals surface area contributed by atoms with Crippen LogP contribution in [-0.2, 0) is 4.79 Å². The van der Waals surface area contributed by atoms with Gasteiger partial charge in [0, 0.05) is 13.6 Å². The van der Waals surface area contributed by atoms with Crippen LogP contribution in [0.4, 0.5) is 0 Å². The number of carbonyl (C=O) groups is 1. The molecule has 0 aromatic rings. The lowest BCUT2D eigenvalue weighted by atomic mass is 10.1. The Bertz CT molecular complexity index is 221. The monoisotopic (exact) mass is 190 g/mol. The van der Waals surface area contributed by atoms with E-state index in [0.717, 1.165) is 0 Å². The van der Waals surface area contributed by atoms with E-state index in [-0.39, 0.29) is 17.4 Å². The molecule has 0 spiro atoms. The average Bonchev–Trinajstić information content (AvgIpc) is 2.26. The van der Waals surface area contributed by atoms with Gasteiger partial charge in [0.1, 0.15) is 10.9 Å². The molecule has 68 valence electrons. The second-order valence-electron chi connectivity index (χ2n) is 2.74. The van der Waals surface area contributed by atoms with Gasteiger partial charge >= 0.3 is 0 Å². The first-order valence-electron chi connectivity index (χ1n) is 3.45. The molecule has 0 aliphatic carbocycles. The second-order valence-corrected chi connectivity index (χ2v) is 3.18. The first-order valence-corrected chi connectivity index (χ1v) is 3.85. The highest BCUT2D eigenvalue weighted by atomic mass is 32.1. The number of hydrogen-bond acceptors (Lipinski definition) is 4. The largest absolute Gasteiger partial charge is 0.390 e. The van der Waals surface area contributed by atoms with Crippen LogP contribution in [0.25, 0.3) is 0 Å². The van der Waals surface area contributed by atoms with Crippen molar-refractivity contribution in [1.29, 1.82) is 0 Å². The van der Waals surface area contributed by atoms with Gasteiger partial charge in [0.15, 0.2) is 0 Å². The highest BCUT2D eigenvalue weighted by molar-refractivity contribution is 7.80. The van der Waals surface area contributed by atoms with Crippen molar-refractivity contribution in [3.8, 4) is 0 Å². The van der Waals surface area contributed by atoms with E-state index in [9.17, 15) is 9.90 Å². The summed E-state index contributed by atoms with van der Waals surface area (Å²) in [6.45, 7) is 0.255. The number of likely N-dealkylation sites (tertiary alicyclic amines) is 1. The Hall–Kier alpha value is -0.720. The zero-order valence-corrected chi connectivity index (χ0v) is 7.34. The normalized spacial score (nSPS) is 29.2. The number of likely N-dealkylation sites (N-methyl/N-ethyl adjacent to an activating group) is 1. The van der Waals surface area contributed by atoms with Crippen molar-refractivity contribution in [3.05, 3.63) is 0 Å². The molecule has 2 atom stereocenters. The zero-order valence-electron chi connectivity index (χ0n) is 6.52. The maximum atomic E-state index is 11.2. The number of nitrogens with zero attached hydrogens (tertiary/aromatic N) is 1. The van der Waals surface area contributed by atoms with Gasteiger partial charge in [-0.15, -0.1) is 0 Å². The smallest absolute Gasteiger partial charge is 0.235 e. The first-order chi connectivity index (χ1) is 5.57. The standard InChI is InChI=1S/C6H10N2O3S/c1-8-2-3(9)4(6(8)10)5(12)7-11/h3-4,9,11H,2H2,1H3,(H,7,12). The first kappa shape index (κ1) is 9.37. The fourth-order valence-corrected chi connectivity index (χ4v) is 1.49. The van der Waals surface area contributed by atoms with Gasteiger partial charge in [0.25, 0.3) is 0 Å². The minimum atomic E-state index is -0.824. The highest BCUT2D eigenvalue weighted by Crippen LogP contribution is 2.17.